The molecule has 2 N–H and O–H groups in total. The number of rotatable bonds is 6. The molecule has 8 heteroatoms. The number of carbonyl (C=O) groups is 1. The molecule has 1 aliphatic carbocycles. The van der Waals surface area contributed by atoms with Gasteiger partial charge in [0.15, 0.2) is 0 Å². The van der Waals surface area contributed by atoms with E-state index in [1.165, 1.54) is 4.57 Å². The Kier molecular flexibility index (Phi) is 5.97. The number of nitrogens with zero attached hydrogens (tertiary/aromatic N) is 2. The number of ether oxygens (including phenoxy) is 2. The average molecular weight is 337 g/mol. The van der Waals surface area contributed by atoms with Crippen molar-refractivity contribution in [3.63, 3.8) is 0 Å². The van der Waals surface area contributed by atoms with Crippen molar-refractivity contribution in [2.45, 2.75) is 39.0 Å². The third kappa shape index (κ3) is 3.94. The van der Waals surface area contributed by atoms with Crippen molar-refractivity contribution < 1.29 is 14.3 Å². The fourth-order valence-electron chi connectivity index (χ4n) is 2.86. The van der Waals surface area contributed by atoms with E-state index in [4.69, 9.17) is 15.2 Å². The lowest BCUT2D eigenvalue weighted by Crippen LogP contribution is -2.44. The molecule has 1 heterocycles. The topological polar surface area (TPSA) is 106 Å². The number of nitrogen functional groups attached to an aromatic ring is 1. The second kappa shape index (κ2) is 7.96. The Morgan fingerprint density at radius 3 is 2.67 bits per heavy atom. The van der Waals surface area contributed by atoms with Gasteiger partial charge >= 0.3 is 11.7 Å². The van der Waals surface area contributed by atoms with E-state index in [1.54, 1.807) is 14.0 Å². The lowest BCUT2D eigenvalue weighted by Gasteiger charge is -2.28. The summed E-state index contributed by atoms with van der Waals surface area (Å²) in [6, 6.07) is 1.15. The molecule has 8 nitrogen and oxygen atoms in total. The molecular weight excluding hydrogens is 314 g/mol. The van der Waals surface area contributed by atoms with Crippen molar-refractivity contribution in [3.05, 3.63) is 39.1 Å². The molecule has 2 atom stereocenters. The number of carbonyl (C=O) groups excluding carboxylic acids is 1. The minimum Gasteiger partial charge on any atom is -0.465 e. The highest BCUT2D eigenvalue weighted by Crippen LogP contribution is 2.23. The van der Waals surface area contributed by atoms with Gasteiger partial charge in [-0.2, -0.15) is 0 Å². The normalized spacial score (nSPS) is 20.1. The number of hydrogen-bond acceptors (Lipinski definition) is 6. The highest BCUT2D eigenvalue weighted by atomic mass is 16.5. The van der Waals surface area contributed by atoms with E-state index in [9.17, 15) is 14.4 Å². The van der Waals surface area contributed by atoms with Gasteiger partial charge in [0.2, 0.25) is 0 Å². The average Bonchev–Trinajstić information content (AvgIpc) is 2.56. The number of anilines is 1. The zero-order valence-electron chi connectivity index (χ0n) is 13.9. The van der Waals surface area contributed by atoms with E-state index in [0.29, 0.717) is 6.54 Å². The summed E-state index contributed by atoms with van der Waals surface area (Å²) in [5, 5.41) is 0. The lowest BCUT2D eigenvalue weighted by atomic mass is 9.91. The molecule has 1 aromatic heterocycles. The van der Waals surface area contributed by atoms with Gasteiger partial charge in [-0.25, -0.2) is 9.36 Å². The number of hydrogen-bond donors (Lipinski definition) is 1. The van der Waals surface area contributed by atoms with Crippen LogP contribution >= 0.6 is 0 Å². The number of nitrogens with two attached hydrogens (primary N) is 1. The van der Waals surface area contributed by atoms with E-state index >= 15 is 0 Å². The second-order valence-electron chi connectivity index (χ2n) is 5.67. The van der Waals surface area contributed by atoms with Crippen LogP contribution in [0, 0.1) is 5.92 Å². The van der Waals surface area contributed by atoms with Crippen LogP contribution in [0.15, 0.2) is 27.8 Å². The first-order chi connectivity index (χ1) is 11.5. The van der Waals surface area contributed by atoms with Gasteiger partial charge in [0.05, 0.1) is 12.7 Å². The van der Waals surface area contributed by atoms with Crippen molar-refractivity contribution >= 4 is 11.8 Å². The van der Waals surface area contributed by atoms with Crippen molar-refractivity contribution in [2.24, 2.45) is 5.92 Å². The molecule has 0 spiro atoms. The smallest absolute Gasteiger partial charge is 0.333 e. The molecule has 1 aromatic rings. The van der Waals surface area contributed by atoms with E-state index in [0.717, 1.165) is 23.5 Å². The summed E-state index contributed by atoms with van der Waals surface area (Å²) >= 11 is 0. The van der Waals surface area contributed by atoms with E-state index in [-0.39, 0.29) is 24.4 Å². The van der Waals surface area contributed by atoms with Crippen LogP contribution < -0.4 is 17.0 Å². The molecule has 2 unspecified atom stereocenters. The highest BCUT2D eigenvalue weighted by molar-refractivity contribution is 5.69. The van der Waals surface area contributed by atoms with Gasteiger partial charge in [0.25, 0.3) is 5.56 Å². The number of methoxy groups -OCH3 is 1. The van der Waals surface area contributed by atoms with Gasteiger partial charge in [-0.15, -0.1) is 0 Å². The van der Waals surface area contributed by atoms with Crippen molar-refractivity contribution in [2.75, 3.05) is 19.5 Å². The summed E-state index contributed by atoms with van der Waals surface area (Å²) in [6.07, 6.45) is 5.57. The Morgan fingerprint density at radius 1 is 1.29 bits per heavy atom. The van der Waals surface area contributed by atoms with Gasteiger partial charge in [0, 0.05) is 25.6 Å². The monoisotopic (exact) mass is 337 g/mol. The predicted octanol–water partition coefficient (Wildman–Crippen LogP) is 0.137. The summed E-state index contributed by atoms with van der Waals surface area (Å²) in [7, 11) is 1.63. The largest absolute Gasteiger partial charge is 0.465 e. The van der Waals surface area contributed by atoms with Crippen LogP contribution in [-0.2, 0) is 27.4 Å². The van der Waals surface area contributed by atoms with Crippen LogP contribution in [0.25, 0.3) is 0 Å². The molecule has 132 valence electrons. The third-order valence-electron chi connectivity index (χ3n) is 4.12. The molecule has 0 amide bonds. The van der Waals surface area contributed by atoms with Gasteiger partial charge in [-0.3, -0.25) is 14.2 Å². The summed E-state index contributed by atoms with van der Waals surface area (Å²) < 4.78 is 12.4. The van der Waals surface area contributed by atoms with E-state index in [1.807, 2.05) is 12.2 Å². The number of aromatic nitrogens is 2. The van der Waals surface area contributed by atoms with Crippen LogP contribution in [-0.4, -0.2) is 34.9 Å². The summed E-state index contributed by atoms with van der Waals surface area (Å²) in [5.74, 6) is -0.494. The van der Waals surface area contributed by atoms with Gasteiger partial charge < -0.3 is 15.2 Å². The maximum atomic E-state index is 12.6. The summed E-state index contributed by atoms with van der Waals surface area (Å²) in [5.41, 5.74) is 4.63. The van der Waals surface area contributed by atoms with Gasteiger partial charge in [-0.05, 0) is 19.8 Å². The molecule has 0 saturated carbocycles. The predicted molar refractivity (Wildman–Crippen MR) is 88.7 cm³/mol. The standard InChI is InChI=1S/C16H23N3O5/c1-3-24-15(21)10-19-14(20)8-13(17)18(16(19)22)9-11-6-4-5-7-12(11)23-2/h4-5,8,11-12H,3,6-7,9-10,17H2,1-2H3. The Labute approximate surface area is 139 Å². The van der Waals surface area contributed by atoms with Gasteiger partial charge in [0.1, 0.15) is 12.4 Å². The van der Waals surface area contributed by atoms with Crippen molar-refractivity contribution in [3.8, 4) is 0 Å². The highest BCUT2D eigenvalue weighted by Gasteiger charge is 2.24. The Hall–Kier alpha value is -2.35. The molecule has 0 aromatic carbocycles. The minimum absolute atomic E-state index is 0.0215. The van der Waals surface area contributed by atoms with Crippen molar-refractivity contribution in [1.82, 2.24) is 9.13 Å². The first kappa shape index (κ1) is 18.0. The molecule has 1 aliphatic rings. The second-order valence-corrected chi connectivity index (χ2v) is 5.67. The SMILES string of the molecule is CCOC(=O)Cn1c(=O)cc(N)n(CC2CC=CCC2OC)c1=O. The molecule has 0 radical (unpaired) electrons. The molecule has 0 fully saturated rings. The Morgan fingerprint density at radius 2 is 2.00 bits per heavy atom. The maximum Gasteiger partial charge on any atom is 0.333 e. The molecule has 0 bridgehead atoms. The Bertz CT molecular complexity index is 734. The van der Waals surface area contributed by atoms with E-state index < -0.39 is 23.8 Å². The van der Waals surface area contributed by atoms with E-state index in [2.05, 4.69) is 0 Å². The first-order valence-corrected chi connectivity index (χ1v) is 7.91. The molecule has 0 aliphatic heterocycles. The van der Waals surface area contributed by atoms with Crippen molar-refractivity contribution in [1.29, 1.82) is 0 Å². The number of esters is 1. The van der Waals surface area contributed by atoms with Crippen LogP contribution in [0.2, 0.25) is 0 Å². The van der Waals surface area contributed by atoms with Gasteiger partial charge in [-0.1, -0.05) is 12.2 Å². The summed E-state index contributed by atoms with van der Waals surface area (Å²) in [4.78, 5) is 36.2. The third-order valence-corrected chi connectivity index (χ3v) is 4.12. The fraction of sp³-hybridized carbons (Fsp3) is 0.562. The lowest BCUT2D eigenvalue weighted by molar-refractivity contribution is -0.143. The maximum absolute atomic E-state index is 12.6. The summed E-state index contributed by atoms with van der Waals surface area (Å²) in [6.45, 7) is 1.73. The fourth-order valence-corrected chi connectivity index (χ4v) is 2.86. The van der Waals surface area contributed by atoms with Crippen LogP contribution in [0.4, 0.5) is 5.82 Å². The molecule has 2 rings (SSSR count). The van der Waals surface area contributed by atoms with Crippen LogP contribution in [0.5, 0.6) is 0 Å². The molecule has 24 heavy (non-hydrogen) atoms. The molecule has 0 saturated heterocycles. The Balaban J connectivity index is 2.33. The number of allylic oxidation sites excluding steroid dienone is 1. The quantitative estimate of drug-likeness (QED) is 0.584. The first-order valence-electron chi connectivity index (χ1n) is 7.91. The van der Waals surface area contributed by atoms with Crippen LogP contribution in [0.1, 0.15) is 19.8 Å². The zero-order chi connectivity index (χ0) is 17.7. The van der Waals surface area contributed by atoms with Crippen LogP contribution in [0.3, 0.4) is 0 Å². The zero-order valence-corrected chi connectivity index (χ0v) is 13.9. The molecular formula is C16H23N3O5. The minimum atomic E-state index is -0.636.